The number of nitrogens with one attached hydrogen (secondary N) is 3. The molecule has 158 valence electrons. The summed E-state index contributed by atoms with van der Waals surface area (Å²) in [6.45, 7) is 0. The molecule has 7 heteroatoms. The number of carbonyl (C=O) groups excluding carboxylic acids is 1. The molecular weight excluding hydrogens is 430 g/mol. The molecule has 5 nitrogen and oxygen atoms in total. The van der Waals surface area contributed by atoms with E-state index in [0.717, 1.165) is 11.3 Å². The molecule has 31 heavy (non-hydrogen) atoms. The summed E-state index contributed by atoms with van der Waals surface area (Å²) in [5, 5.41) is 11.1. The van der Waals surface area contributed by atoms with Crippen LogP contribution in [0.15, 0.2) is 78.9 Å². The lowest BCUT2D eigenvalue weighted by atomic mass is 9.83. The zero-order valence-electron chi connectivity index (χ0n) is 16.8. The molecule has 1 aliphatic rings. The summed E-state index contributed by atoms with van der Waals surface area (Å²) < 4.78 is 5.23. The quantitative estimate of drug-likeness (QED) is 0.369. The predicted molar refractivity (Wildman–Crippen MR) is 128 cm³/mol. The number of ketones is 1. The molecule has 3 aromatic carbocycles. The normalized spacial score (nSPS) is 20.3. The van der Waals surface area contributed by atoms with Gasteiger partial charge in [0.05, 0.1) is 19.1 Å². The Hall–Kier alpha value is -3.09. The molecule has 1 saturated heterocycles. The Balaban J connectivity index is 1.72. The number of hydrogen-bond acceptors (Lipinski definition) is 4. The van der Waals surface area contributed by atoms with Crippen LogP contribution >= 0.6 is 23.8 Å². The van der Waals surface area contributed by atoms with Crippen LogP contribution in [0.4, 0.5) is 5.69 Å². The van der Waals surface area contributed by atoms with Gasteiger partial charge in [-0.2, -0.15) is 0 Å². The number of ether oxygens (including phenoxy) is 1. The zero-order valence-corrected chi connectivity index (χ0v) is 18.4. The molecule has 1 aliphatic heterocycles. The van der Waals surface area contributed by atoms with E-state index in [1.807, 2.05) is 42.5 Å². The first kappa shape index (κ1) is 21.2. The fourth-order valence-electron chi connectivity index (χ4n) is 3.75. The molecule has 0 spiro atoms. The second-order valence-electron chi connectivity index (χ2n) is 7.25. The summed E-state index contributed by atoms with van der Waals surface area (Å²) in [5.41, 5.74) is 2.43. The number of carbonyl (C=O) groups is 1. The van der Waals surface area contributed by atoms with E-state index in [4.69, 9.17) is 28.6 Å². The summed E-state index contributed by atoms with van der Waals surface area (Å²) in [4.78, 5) is 13.7. The standard InChI is InChI=1S/C24H22ClN3O2S/c1-30-19-13-7-16(8-14-19)22(29)20-21(15-5-3-2-4-6-15)27-24(31)28-23(20)26-18-11-9-17(25)10-12-18/h2-14,20-21,23,26H,1H3,(H2,27,28,31)/t20-,21-,23-/m0/s1. The van der Waals surface area contributed by atoms with Crippen LogP contribution in [0.3, 0.4) is 0 Å². The number of halogens is 1. The van der Waals surface area contributed by atoms with Gasteiger partial charge in [-0.15, -0.1) is 0 Å². The van der Waals surface area contributed by atoms with Crippen molar-refractivity contribution in [2.75, 3.05) is 12.4 Å². The molecule has 3 aromatic rings. The van der Waals surface area contributed by atoms with E-state index >= 15 is 0 Å². The van der Waals surface area contributed by atoms with Crippen LogP contribution in [0.25, 0.3) is 0 Å². The molecule has 0 aromatic heterocycles. The molecule has 1 fully saturated rings. The summed E-state index contributed by atoms with van der Waals surface area (Å²) in [5.74, 6) is 0.219. The van der Waals surface area contributed by atoms with Crippen molar-refractivity contribution >= 4 is 40.4 Å². The number of thiocarbonyl (C=S) groups is 1. The van der Waals surface area contributed by atoms with Gasteiger partial charge in [-0.1, -0.05) is 41.9 Å². The highest BCUT2D eigenvalue weighted by Gasteiger charge is 2.41. The Morgan fingerprint density at radius 1 is 0.968 bits per heavy atom. The Bertz CT molecular complexity index is 1060. The fraction of sp³-hybridized carbons (Fsp3) is 0.167. The number of anilines is 1. The summed E-state index contributed by atoms with van der Waals surface area (Å²) >= 11 is 11.5. The average molecular weight is 452 g/mol. The largest absolute Gasteiger partial charge is 0.497 e. The molecule has 1 heterocycles. The average Bonchev–Trinajstić information content (AvgIpc) is 2.80. The van der Waals surface area contributed by atoms with E-state index in [-0.39, 0.29) is 11.8 Å². The van der Waals surface area contributed by atoms with E-state index in [1.165, 1.54) is 0 Å². The lowest BCUT2D eigenvalue weighted by molar-refractivity contribution is 0.0862. The minimum atomic E-state index is -0.474. The highest BCUT2D eigenvalue weighted by Crippen LogP contribution is 2.32. The van der Waals surface area contributed by atoms with Gasteiger partial charge in [-0.3, -0.25) is 4.79 Å². The number of benzene rings is 3. The van der Waals surface area contributed by atoms with E-state index in [1.54, 1.807) is 43.5 Å². The van der Waals surface area contributed by atoms with Gasteiger partial charge >= 0.3 is 0 Å². The Morgan fingerprint density at radius 2 is 1.65 bits per heavy atom. The summed E-state index contributed by atoms with van der Waals surface area (Å²) in [6, 6.07) is 24.1. The van der Waals surface area contributed by atoms with Crippen molar-refractivity contribution in [2.24, 2.45) is 5.92 Å². The minimum absolute atomic E-state index is 0.00882. The first-order valence-corrected chi connectivity index (χ1v) is 10.7. The second-order valence-corrected chi connectivity index (χ2v) is 8.10. The lowest BCUT2D eigenvalue weighted by Crippen LogP contribution is -2.61. The van der Waals surface area contributed by atoms with Crippen LogP contribution in [0, 0.1) is 5.92 Å². The highest BCUT2D eigenvalue weighted by molar-refractivity contribution is 7.80. The number of hydrogen-bond donors (Lipinski definition) is 3. The third kappa shape index (κ3) is 4.81. The molecule has 0 unspecified atom stereocenters. The Labute approximate surface area is 191 Å². The van der Waals surface area contributed by atoms with Gasteiger partial charge in [0.15, 0.2) is 10.9 Å². The van der Waals surface area contributed by atoms with Crippen LogP contribution in [-0.4, -0.2) is 24.2 Å². The maximum atomic E-state index is 13.7. The lowest BCUT2D eigenvalue weighted by Gasteiger charge is -2.40. The van der Waals surface area contributed by atoms with Gasteiger partial charge in [0.2, 0.25) is 0 Å². The van der Waals surface area contributed by atoms with E-state index in [9.17, 15) is 4.79 Å². The van der Waals surface area contributed by atoms with Crippen LogP contribution in [0.1, 0.15) is 22.0 Å². The zero-order chi connectivity index (χ0) is 21.8. The number of methoxy groups -OCH3 is 1. The molecule has 3 N–H and O–H groups in total. The summed E-state index contributed by atoms with van der Waals surface area (Å²) in [6.07, 6.45) is -0.422. The van der Waals surface area contributed by atoms with Crippen molar-refractivity contribution in [2.45, 2.75) is 12.2 Å². The van der Waals surface area contributed by atoms with Gasteiger partial charge in [-0.05, 0) is 66.3 Å². The SMILES string of the molecule is COc1ccc(C(=O)[C@H]2[C@@H](Nc3ccc(Cl)cc3)NC(=S)N[C@H]2c2ccccc2)cc1. The van der Waals surface area contributed by atoms with Crippen molar-refractivity contribution < 1.29 is 9.53 Å². The maximum Gasteiger partial charge on any atom is 0.172 e. The van der Waals surface area contributed by atoms with Gasteiger partial charge < -0.3 is 20.7 Å². The number of rotatable bonds is 6. The molecule has 0 aliphatic carbocycles. The van der Waals surface area contributed by atoms with Crippen LogP contribution in [0.5, 0.6) is 5.75 Å². The Morgan fingerprint density at radius 3 is 2.29 bits per heavy atom. The van der Waals surface area contributed by atoms with Gasteiger partial charge in [0.25, 0.3) is 0 Å². The summed E-state index contributed by atoms with van der Waals surface area (Å²) in [7, 11) is 1.60. The smallest absolute Gasteiger partial charge is 0.172 e. The maximum absolute atomic E-state index is 13.7. The predicted octanol–water partition coefficient (Wildman–Crippen LogP) is 4.80. The molecule has 0 amide bonds. The van der Waals surface area contributed by atoms with Gasteiger partial charge in [-0.25, -0.2) is 0 Å². The van der Waals surface area contributed by atoms with Crippen LogP contribution in [0.2, 0.25) is 5.02 Å². The molecule has 3 atom stereocenters. The third-order valence-electron chi connectivity index (χ3n) is 5.29. The molecule has 4 rings (SSSR count). The second kappa shape index (κ2) is 9.37. The topological polar surface area (TPSA) is 62.4 Å². The third-order valence-corrected chi connectivity index (χ3v) is 5.78. The molecule has 0 bridgehead atoms. The first-order valence-electron chi connectivity index (χ1n) is 9.87. The van der Waals surface area contributed by atoms with Crippen molar-refractivity contribution in [1.82, 2.24) is 10.6 Å². The van der Waals surface area contributed by atoms with Crippen molar-refractivity contribution in [3.05, 3.63) is 95.0 Å². The molecular formula is C24H22ClN3O2S. The van der Waals surface area contributed by atoms with E-state index in [2.05, 4.69) is 16.0 Å². The van der Waals surface area contributed by atoms with Gasteiger partial charge in [0, 0.05) is 16.3 Å². The van der Waals surface area contributed by atoms with Crippen LogP contribution in [-0.2, 0) is 0 Å². The monoisotopic (exact) mass is 451 g/mol. The van der Waals surface area contributed by atoms with Crippen molar-refractivity contribution in [1.29, 1.82) is 0 Å². The highest BCUT2D eigenvalue weighted by atomic mass is 35.5. The van der Waals surface area contributed by atoms with Crippen molar-refractivity contribution in [3.8, 4) is 5.75 Å². The fourth-order valence-corrected chi connectivity index (χ4v) is 4.13. The minimum Gasteiger partial charge on any atom is -0.497 e. The first-order chi connectivity index (χ1) is 15.0. The molecule has 0 saturated carbocycles. The Kier molecular flexibility index (Phi) is 6.39. The van der Waals surface area contributed by atoms with Gasteiger partial charge in [0.1, 0.15) is 11.9 Å². The van der Waals surface area contributed by atoms with Crippen LogP contribution < -0.4 is 20.7 Å². The van der Waals surface area contributed by atoms with E-state index < -0.39 is 12.1 Å². The molecule has 0 radical (unpaired) electrons. The van der Waals surface area contributed by atoms with Crippen molar-refractivity contribution in [3.63, 3.8) is 0 Å². The van der Waals surface area contributed by atoms with E-state index in [0.29, 0.717) is 21.4 Å². The number of Topliss-reactive ketones (excluding diaryl/α,β-unsaturated/α-hetero) is 1.